The molecule has 0 saturated carbocycles. The highest BCUT2D eigenvalue weighted by Gasteiger charge is 2.41. The van der Waals surface area contributed by atoms with Gasteiger partial charge in [-0.15, -0.1) is 0 Å². The molecule has 0 bridgehead atoms. The lowest BCUT2D eigenvalue weighted by Crippen LogP contribution is -2.61. The van der Waals surface area contributed by atoms with Gasteiger partial charge in [0.15, 0.2) is 12.0 Å². The zero-order chi connectivity index (χ0) is 55.9. The molecule has 1 aliphatic heterocycles. The number of amides is 9. The molecule has 10 atom stereocenters. The number of aromatic nitrogens is 4. The van der Waals surface area contributed by atoms with Crippen LogP contribution < -0.4 is 60.2 Å². The summed E-state index contributed by atoms with van der Waals surface area (Å²) in [4.78, 5) is 151. The van der Waals surface area contributed by atoms with Gasteiger partial charge >= 0.3 is 5.97 Å². The van der Waals surface area contributed by atoms with Crippen molar-refractivity contribution in [3.8, 4) is 0 Å². The molecule has 1 saturated heterocycles. The van der Waals surface area contributed by atoms with E-state index >= 15 is 0 Å². The van der Waals surface area contributed by atoms with E-state index in [2.05, 4.69) is 62.1 Å². The normalized spacial score (nSPS) is 16.8. The van der Waals surface area contributed by atoms with Gasteiger partial charge in [0, 0.05) is 56.1 Å². The molecule has 31 nitrogen and oxygen atoms in total. The van der Waals surface area contributed by atoms with Gasteiger partial charge in [0.05, 0.1) is 38.0 Å². The van der Waals surface area contributed by atoms with E-state index in [9.17, 15) is 68.4 Å². The molecule has 0 radical (unpaired) electrons. The van der Waals surface area contributed by atoms with Crippen LogP contribution in [-0.2, 0) is 60.8 Å². The minimum absolute atomic E-state index is 0.00987. The maximum atomic E-state index is 14.4. The van der Waals surface area contributed by atoms with Gasteiger partial charge in [-0.2, -0.15) is 0 Å². The van der Waals surface area contributed by atoms with E-state index in [0.29, 0.717) is 17.8 Å². The van der Waals surface area contributed by atoms with Gasteiger partial charge < -0.3 is 95.4 Å². The predicted octanol–water partition coefficient (Wildman–Crippen LogP) is -7.55. The smallest absolute Gasteiger partial charge is 0.328 e. The molecule has 21 N–H and O–H groups in total. The van der Waals surface area contributed by atoms with Crippen LogP contribution in [-0.4, -0.2) is 197 Å². The van der Waals surface area contributed by atoms with Crippen LogP contribution in [0.5, 0.6) is 0 Å². The van der Waals surface area contributed by atoms with Crippen molar-refractivity contribution < 1.29 is 68.4 Å². The summed E-state index contributed by atoms with van der Waals surface area (Å²) >= 11 is 0. The van der Waals surface area contributed by atoms with Gasteiger partial charge in [-0.25, -0.2) is 14.8 Å². The van der Waals surface area contributed by atoms with Crippen LogP contribution in [0.25, 0.3) is 0 Å². The molecule has 75 heavy (non-hydrogen) atoms. The number of aromatic amines is 2. The Balaban J connectivity index is 1.80. The zero-order valence-corrected chi connectivity index (χ0v) is 41.8. The van der Waals surface area contributed by atoms with Crippen molar-refractivity contribution in [2.45, 2.75) is 139 Å². The zero-order valence-electron chi connectivity index (χ0n) is 41.8. The van der Waals surface area contributed by atoms with Crippen LogP contribution in [0.3, 0.4) is 0 Å². The van der Waals surface area contributed by atoms with Gasteiger partial charge in [-0.3, -0.25) is 48.1 Å². The number of likely N-dealkylation sites (tertiary alicyclic amines) is 1. The van der Waals surface area contributed by atoms with Crippen LogP contribution in [0.2, 0.25) is 0 Å². The van der Waals surface area contributed by atoms with E-state index in [4.69, 9.17) is 22.9 Å². The number of guanidine groups is 1. The summed E-state index contributed by atoms with van der Waals surface area (Å²) < 4.78 is 0. The molecule has 0 unspecified atom stereocenters. The Morgan fingerprint density at radius 1 is 0.707 bits per heavy atom. The van der Waals surface area contributed by atoms with E-state index in [1.165, 1.54) is 29.9 Å². The molecule has 0 aromatic carbocycles. The van der Waals surface area contributed by atoms with E-state index in [-0.39, 0.29) is 76.3 Å². The lowest BCUT2D eigenvalue weighted by Gasteiger charge is -2.31. The number of aliphatic imine (C=N–C) groups is 1. The van der Waals surface area contributed by atoms with Crippen molar-refractivity contribution in [2.75, 3.05) is 26.3 Å². The molecule has 2 aromatic rings. The quantitative estimate of drug-likeness (QED) is 0.0184. The van der Waals surface area contributed by atoms with Gasteiger partial charge in [0.25, 0.3) is 0 Å². The maximum Gasteiger partial charge on any atom is 0.328 e. The Morgan fingerprint density at radius 3 is 1.71 bits per heavy atom. The second kappa shape index (κ2) is 30.4. The molecular weight excluding hydrogens is 991 g/mol. The molecule has 1 aliphatic rings. The number of carboxylic acids is 1. The van der Waals surface area contributed by atoms with Crippen molar-refractivity contribution in [1.82, 2.24) is 62.1 Å². The number of rotatable bonds is 32. The summed E-state index contributed by atoms with van der Waals surface area (Å²) in [6.45, 7) is 2.58. The van der Waals surface area contributed by atoms with Crippen LogP contribution in [0.1, 0.15) is 77.1 Å². The third-order valence-corrected chi connectivity index (χ3v) is 11.7. The molecule has 1 fully saturated rings. The minimum atomic E-state index is -1.82. The lowest BCUT2D eigenvalue weighted by molar-refractivity contribution is -0.145. The van der Waals surface area contributed by atoms with Crippen LogP contribution >= 0.6 is 0 Å². The highest BCUT2D eigenvalue weighted by molar-refractivity contribution is 5.98. The predicted molar refractivity (Wildman–Crippen MR) is 262 cm³/mol. The fourth-order valence-corrected chi connectivity index (χ4v) is 7.74. The van der Waals surface area contributed by atoms with Crippen LogP contribution in [0.4, 0.5) is 0 Å². The molecule has 31 heteroatoms. The SMILES string of the molecule is CC(C)C[C@H](NC(=O)[C@H](CCCN=C(N)N)NC(=O)[C@H](CO)NC(=O)[C@H](CO)NC(=O)[C@H](CCC(N)=O)NC(=O)[C@@H](N)Cc1cnc[nH]1)C(=O)N1CCC[C@H]1C(=O)N[C@@H](Cc1cnc[nH]1)C(=O)N[C@H](C(=O)O)[C@@H](C)O. The summed E-state index contributed by atoms with van der Waals surface area (Å²) in [6, 6.07) is -13.4. The fraction of sp³-hybridized carbons (Fsp3) is 0.614. The monoisotopic (exact) mass is 1060 g/mol. The summed E-state index contributed by atoms with van der Waals surface area (Å²) in [7, 11) is 0. The number of hydrogen-bond acceptors (Lipinski definition) is 17. The van der Waals surface area contributed by atoms with Crippen LogP contribution in [0.15, 0.2) is 30.0 Å². The van der Waals surface area contributed by atoms with Gasteiger partial charge in [0.1, 0.15) is 42.3 Å². The third-order valence-electron chi connectivity index (χ3n) is 11.7. The molecule has 3 heterocycles. The molecule has 416 valence electrons. The number of primary amides is 1. The maximum absolute atomic E-state index is 14.4. The number of imidazole rings is 2. The second-order valence-electron chi connectivity index (χ2n) is 18.2. The van der Waals surface area contributed by atoms with Gasteiger partial charge in [-0.1, -0.05) is 13.8 Å². The Morgan fingerprint density at radius 2 is 1.21 bits per heavy atom. The van der Waals surface area contributed by atoms with Crippen molar-refractivity contribution in [2.24, 2.45) is 33.8 Å². The summed E-state index contributed by atoms with van der Waals surface area (Å²) in [5.41, 5.74) is 23.1. The Kier molecular flexibility index (Phi) is 25.0. The fourth-order valence-electron chi connectivity index (χ4n) is 7.74. The number of aliphatic hydroxyl groups excluding tert-OH is 3. The number of aliphatic carboxylic acids is 1. The summed E-state index contributed by atoms with van der Waals surface area (Å²) in [6.07, 6.45) is 3.48. The first-order valence-corrected chi connectivity index (χ1v) is 24.0. The van der Waals surface area contributed by atoms with Gasteiger partial charge in [0.2, 0.25) is 53.2 Å². The lowest BCUT2D eigenvalue weighted by atomic mass is 10.0. The Hall–Kier alpha value is -7.77. The minimum Gasteiger partial charge on any atom is -0.480 e. The number of hydrogen-bond donors (Lipinski definition) is 17. The first kappa shape index (κ1) is 61.5. The van der Waals surface area contributed by atoms with Crippen molar-refractivity contribution in [1.29, 1.82) is 0 Å². The van der Waals surface area contributed by atoms with Crippen molar-refractivity contribution in [3.63, 3.8) is 0 Å². The highest BCUT2D eigenvalue weighted by atomic mass is 16.4. The Bertz CT molecular complexity index is 2280. The number of carboxylic acid groups (broad SMARTS) is 1. The van der Waals surface area contributed by atoms with E-state index in [0.717, 1.165) is 6.92 Å². The number of nitrogens with two attached hydrogens (primary N) is 4. The first-order chi connectivity index (χ1) is 35.4. The number of H-pyrrole nitrogens is 2. The summed E-state index contributed by atoms with van der Waals surface area (Å²) in [5, 5.41) is 56.7. The number of carbonyl (C=O) groups excluding carboxylic acids is 9. The number of nitrogens with zero attached hydrogens (tertiary/aromatic N) is 4. The molecule has 9 amide bonds. The van der Waals surface area contributed by atoms with E-state index in [1.54, 1.807) is 13.8 Å². The number of nitrogens with one attached hydrogen (secondary N) is 9. The molecule has 0 aliphatic carbocycles. The number of carbonyl (C=O) groups is 10. The van der Waals surface area contributed by atoms with E-state index in [1.807, 2.05) is 0 Å². The van der Waals surface area contributed by atoms with Crippen LogP contribution in [0, 0.1) is 5.92 Å². The Labute approximate surface area is 430 Å². The average molecular weight is 1060 g/mol. The molecule has 0 spiro atoms. The molecular formula is C44H71N17O14. The van der Waals surface area contributed by atoms with Gasteiger partial charge in [-0.05, 0) is 51.4 Å². The third kappa shape index (κ3) is 20.2. The van der Waals surface area contributed by atoms with Crippen molar-refractivity contribution >= 4 is 65.1 Å². The van der Waals surface area contributed by atoms with E-state index < -0.39 is 133 Å². The topological polar surface area (TPSA) is 513 Å². The standard InChI is InChI=1S/C44H71N17O14/c1-21(2)12-29(42(73)61-11-5-7-32(61)41(72)56-28(14-24-16-50-20-53-24)38(69)60-34(22(3)64)43(74)75)57-36(67)26(6-4-10-51-44(47)48)55-39(70)30(17-62)59-40(71)31(18-63)58-37(68)27(8-9-33(46)65)54-35(66)25(45)13-23-15-49-19-52-23/h15-16,19-22,25-32,34,62-64H,4-14,17-18,45H2,1-3H3,(H2,46,65)(H,49,52)(H,50,53)(H,54,66)(H,55,70)(H,56,72)(H,57,67)(H,58,68)(H,59,71)(H,60,69)(H,74,75)(H4,47,48,51)/t22-,25+,26+,27+,28+,29+,30+,31+,32+,34+/m1/s1. The molecule has 3 rings (SSSR count). The first-order valence-electron chi connectivity index (χ1n) is 24.0. The second-order valence-corrected chi connectivity index (χ2v) is 18.2. The highest BCUT2D eigenvalue weighted by Crippen LogP contribution is 2.21. The van der Waals surface area contributed by atoms with Crippen molar-refractivity contribution in [3.05, 3.63) is 36.4 Å². The molecule has 2 aromatic heterocycles. The largest absolute Gasteiger partial charge is 0.480 e. The summed E-state index contributed by atoms with van der Waals surface area (Å²) in [5.74, 6) is -10.4. The average Bonchev–Trinajstić information content (AvgIpc) is 4.17. The number of aliphatic hydroxyl groups is 3.